The van der Waals surface area contributed by atoms with Gasteiger partial charge < -0.3 is 4.42 Å². The molecule has 2 rings (SSSR count). The lowest BCUT2D eigenvalue weighted by atomic mass is 10.1. The first-order valence-electron chi connectivity index (χ1n) is 4.83. The number of alkyl halides is 3. The quantitative estimate of drug-likeness (QED) is 0.583. The van der Waals surface area contributed by atoms with Crippen LogP contribution in [0.2, 0.25) is 0 Å². The van der Waals surface area contributed by atoms with Crippen molar-refractivity contribution in [1.82, 2.24) is 0 Å². The Morgan fingerprint density at radius 2 is 1.89 bits per heavy atom. The van der Waals surface area contributed by atoms with Gasteiger partial charge in [-0.2, -0.15) is 13.2 Å². The van der Waals surface area contributed by atoms with Gasteiger partial charge in [0, 0.05) is 9.13 Å². The highest BCUT2D eigenvalue weighted by atomic mass is 127. The summed E-state index contributed by atoms with van der Waals surface area (Å²) in [5.74, 6) is 0.318. The predicted octanol–water partition coefficient (Wildman–Crippen LogP) is 4.38. The van der Waals surface area contributed by atoms with Crippen LogP contribution in [-0.4, -0.2) is 6.29 Å². The smallest absolute Gasteiger partial charge is 0.416 e. The first-order chi connectivity index (χ1) is 8.40. The van der Waals surface area contributed by atoms with Crippen molar-refractivity contribution in [1.29, 1.82) is 0 Å². The number of hydrogen-bond acceptors (Lipinski definition) is 2. The molecule has 0 aliphatic carbocycles. The molecule has 0 fully saturated rings. The molecule has 94 valence electrons. The van der Waals surface area contributed by atoms with Crippen molar-refractivity contribution in [2.45, 2.75) is 6.18 Å². The standard InChI is InChI=1S/C12H6F3IO2/c13-12(14,15)8-3-7(4-9(16)5-8)11-2-1-10(6-17)18-11/h1-6H. The third-order valence-corrected chi connectivity index (χ3v) is 2.88. The molecule has 0 N–H and O–H groups in total. The summed E-state index contributed by atoms with van der Waals surface area (Å²) < 4.78 is 43.5. The van der Waals surface area contributed by atoms with E-state index in [1.165, 1.54) is 12.1 Å². The molecular formula is C12H6F3IO2. The van der Waals surface area contributed by atoms with Crippen LogP contribution in [0, 0.1) is 3.57 Å². The van der Waals surface area contributed by atoms with E-state index in [2.05, 4.69) is 0 Å². The Morgan fingerprint density at radius 3 is 2.44 bits per heavy atom. The number of carbonyl (C=O) groups excluding carboxylic acids is 1. The topological polar surface area (TPSA) is 30.2 Å². The normalized spacial score (nSPS) is 11.6. The number of hydrogen-bond donors (Lipinski definition) is 0. The first-order valence-corrected chi connectivity index (χ1v) is 5.91. The Morgan fingerprint density at radius 1 is 1.17 bits per heavy atom. The molecule has 0 saturated carbocycles. The van der Waals surface area contributed by atoms with Crippen LogP contribution in [0.1, 0.15) is 16.1 Å². The molecule has 0 unspecified atom stereocenters. The number of halogens is 4. The summed E-state index contributed by atoms with van der Waals surface area (Å²) in [7, 11) is 0. The number of aldehydes is 1. The lowest BCUT2D eigenvalue weighted by Crippen LogP contribution is -2.05. The molecule has 0 saturated heterocycles. The van der Waals surface area contributed by atoms with Gasteiger partial charge in [-0.25, -0.2) is 0 Å². The van der Waals surface area contributed by atoms with Gasteiger partial charge in [0.05, 0.1) is 5.56 Å². The molecule has 1 aromatic heterocycles. The van der Waals surface area contributed by atoms with Crippen molar-refractivity contribution in [3.63, 3.8) is 0 Å². The van der Waals surface area contributed by atoms with Crippen molar-refractivity contribution >= 4 is 28.9 Å². The van der Waals surface area contributed by atoms with Crippen molar-refractivity contribution in [3.05, 3.63) is 45.2 Å². The lowest BCUT2D eigenvalue weighted by Gasteiger charge is -2.08. The molecule has 0 aliphatic heterocycles. The number of benzene rings is 1. The Labute approximate surface area is 114 Å². The highest BCUT2D eigenvalue weighted by Gasteiger charge is 2.31. The number of rotatable bonds is 2. The minimum atomic E-state index is -4.41. The van der Waals surface area contributed by atoms with E-state index in [4.69, 9.17) is 4.42 Å². The zero-order valence-corrected chi connectivity index (χ0v) is 10.9. The second-order valence-electron chi connectivity index (χ2n) is 3.55. The maximum absolute atomic E-state index is 12.6. The van der Waals surface area contributed by atoms with E-state index >= 15 is 0 Å². The van der Waals surface area contributed by atoms with Crippen LogP contribution in [-0.2, 0) is 6.18 Å². The van der Waals surface area contributed by atoms with Gasteiger partial charge in [-0.1, -0.05) is 0 Å². The molecule has 0 atom stereocenters. The van der Waals surface area contributed by atoms with E-state index < -0.39 is 11.7 Å². The second-order valence-corrected chi connectivity index (χ2v) is 4.79. The van der Waals surface area contributed by atoms with E-state index in [1.807, 2.05) is 0 Å². The third-order valence-electron chi connectivity index (χ3n) is 2.25. The van der Waals surface area contributed by atoms with Gasteiger partial charge >= 0.3 is 6.18 Å². The van der Waals surface area contributed by atoms with Gasteiger partial charge in [0.1, 0.15) is 5.76 Å². The molecule has 1 heterocycles. The van der Waals surface area contributed by atoms with E-state index in [-0.39, 0.29) is 11.5 Å². The largest absolute Gasteiger partial charge is 0.453 e. The van der Waals surface area contributed by atoms with Gasteiger partial charge in [0.2, 0.25) is 0 Å². The molecular weight excluding hydrogens is 360 g/mol. The minimum Gasteiger partial charge on any atom is -0.453 e. The Balaban J connectivity index is 2.51. The summed E-state index contributed by atoms with van der Waals surface area (Å²) >= 11 is 1.80. The fourth-order valence-corrected chi connectivity index (χ4v) is 2.14. The fourth-order valence-electron chi connectivity index (χ4n) is 1.47. The molecule has 1 aromatic carbocycles. The molecule has 0 radical (unpaired) electrons. The number of furan rings is 1. The molecule has 2 aromatic rings. The summed E-state index contributed by atoms with van der Waals surface area (Å²) in [5.41, 5.74) is -0.448. The zero-order chi connectivity index (χ0) is 13.3. The molecule has 6 heteroatoms. The van der Waals surface area contributed by atoms with Crippen LogP contribution in [0.3, 0.4) is 0 Å². The van der Waals surface area contributed by atoms with Crippen molar-refractivity contribution in [3.8, 4) is 11.3 Å². The SMILES string of the molecule is O=Cc1ccc(-c2cc(I)cc(C(F)(F)F)c2)o1. The van der Waals surface area contributed by atoms with Crippen molar-refractivity contribution in [2.75, 3.05) is 0 Å². The van der Waals surface area contributed by atoms with E-state index in [9.17, 15) is 18.0 Å². The van der Waals surface area contributed by atoms with Gasteiger partial charge in [0.25, 0.3) is 0 Å². The fraction of sp³-hybridized carbons (Fsp3) is 0.0833. The summed E-state index contributed by atoms with van der Waals surface area (Å²) in [6.07, 6.45) is -3.90. The van der Waals surface area contributed by atoms with E-state index in [0.717, 1.165) is 12.1 Å². The average Bonchev–Trinajstić information content (AvgIpc) is 2.75. The van der Waals surface area contributed by atoms with Crippen LogP contribution >= 0.6 is 22.6 Å². The van der Waals surface area contributed by atoms with Gasteiger partial charge in [0.15, 0.2) is 12.0 Å². The molecule has 18 heavy (non-hydrogen) atoms. The van der Waals surface area contributed by atoms with Crippen LogP contribution in [0.4, 0.5) is 13.2 Å². The highest BCUT2D eigenvalue weighted by molar-refractivity contribution is 14.1. The molecule has 2 nitrogen and oxygen atoms in total. The van der Waals surface area contributed by atoms with E-state index in [1.54, 1.807) is 28.7 Å². The Kier molecular flexibility index (Phi) is 3.47. The van der Waals surface area contributed by atoms with Gasteiger partial charge in [-0.3, -0.25) is 4.79 Å². The van der Waals surface area contributed by atoms with Crippen LogP contribution in [0.25, 0.3) is 11.3 Å². The monoisotopic (exact) mass is 366 g/mol. The third kappa shape index (κ3) is 2.74. The van der Waals surface area contributed by atoms with Crippen LogP contribution in [0.15, 0.2) is 34.7 Å². The van der Waals surface area contributed by atoms with Crippen molar-refractivity contribution < 1.29 is 22.4 Å². The van der Waals surface area contributed by atoms with Crippen LogP contribution in [0.5, 0.6) is 0 Å². The minimum absolute atomic E-state index is 0.0809. The molecule has 0 bridgehead atoms. The first kappa shape index (κ1) is 13.1. The Hall–Kier alpha value is -1.31. The van der Waals surface area contributed by atoms with Gasteiger partial charge in [-0.05, 0) is 52.9 Å². The highest BCUT2D eigenvalue weighted by Crippen LogP contribution is 2.34. The maximum Gasteiger partial charge on any atom is 0.416 e. The second kappa shape index (κ2) is 4.75. The van der Waals surface area contributed by atoms with Crippen LogP contribution < -0.4 is 0 Å². The molecule has 0 amide bonds. The summed E-state index contributed by atoms with van der Waals surface area (Å²) in [4.78, 5) is 10.5. The Bertz CT molecular complexity index is 587. The molecule has 0 spiro atoms. The molecule has 0 aliphatic rings. The zero-order valence-electron chi connectivity index (χ0n) is 8.79. The predicted molar refractivity (Wildman–Crippen MR) is 67.3 cm³/mol. The van der Waals surface area contributed by atoms with Crippen molar-refractivity contribution in [2.24, 2.45) is 0 Å². The maximum atomic E-state index is 12.6. The van der Waals surface area contributed by atoms with Gasteiger partial charge in [-0.15, -0.1) is 0 Å². The lowest BCUT2D eigenvalue weighted by molar-refractivity contribution is -0.137. The summed E-state index contributed by atoms with van der Waals surface area (Å²) in [6, 6.07) is 6.48. The summed E-state index contributed by atoms with van der Waals surface area (Å²) in [6.45, 7) is 0. The van der Waals surface area contributed by atoms with E-state index in [0.29, 0.717) is 15.4 Å². The summed E-state index contributed by atoms with van der Waals surface area (Å²) in [5, 5.41) is 0. The number of carbonyl (C=O) groups is 1. The average molecular weight is 366 g/mol.